The van der Waals surface area contributed by atoms with Crippen LogP contribution >= 0.6 is 11.8 Å². The van der Waals surface area contributed by atoms with Gasteiger partial charge in [-0.25, -0.2) is 0 Å². The van der Waals surface area contributed by atoms with Crippen LogP contribution in [0, 0.1) is 6.92 Å². The first-order valence-electron chi connectivity index (χ1n) is 10.5. The predicted octanol–water partition coefficient (Wildman–Crippen LogP) is 0.126. The van der Waals surface area contributed by atoms with Crippen LogP contribution in [-0.2, 0) is 4.79 Å². The van der Waals surface area contributed by atoms with E-state index in [2.05, 4.69) is 10.3 Å². The number of carboxylic acids is 1. The van der Waals surface area contributed by atoms with Gasteiger partial charge in [0, 0.05) is 29.6 Å². The van der Waals surface area contributed by atoms with Crippen LogP contribution in [0.15, 0.2) is 65.7 Å². The standard InChI is InChI=1S/C26H26N2O4S.Li/c1-17-5-3-4-6-20(17)22-15-18(7-9-19-16-27-13-11-24(19)29)8-10-21(22)25(30)28-23(26(31)32)12-14-33-2;/h3-11,13,15-16,23H,12,14H2,1-2H3,(H,27,29)(H,28,30)(H,31,32);/q;+1/p-1/b9-7+;/t23-;/m0./s1. The molecular weight excluding hydrogens is 443 g/mol. The van der Waals surface area contributed by atoms with Gasteiger partial charge in [-0.15, -0.1) is 0 Å². The summed E-state index contributed by atoms with van der Waals surface area (Å²) in [5.74, 6) is -1.19. The molecule has 1 aromatic heterocycles. The molecule has 0 unspecified atom stereocenters. The largest absolute Gasteiger partial charge is 1.00 e. The van der Waals surface area contributed by atoms with Crippen molar-refractivity contribution < 1.29 is 33.6 Å². The van der Waals surface area contributed by atoms with Gasteiger partial charge in [0.15, 0.2) is 5.43 Å². The van der Waals surface area contributed by atoms with Crippen LogP contribution in [0.25, 0.3) is 23.3 Å². The topological polar surface area (TPSA) is 102 Å². The van der Waals surface area contributed by atoms with Gasteiger partial charge in [0.1, 0.15) is 0 Å². The summed E-state index contributed by atoms with van der Waals surface area (Å²) in [6, 6.07) is 13.4. The number of hydrogen-bond donors (Lipinski definition) is 2. The molecule has 1 amide bonds. The first-order valence-corrected chi connectivity index (χ1v) is 11.9. The van der Waals surface area contributed by atoms with Gasteiger partial charge in [0.25, 0.3) is 5.91 Å². The molecule has 0 aliphatic carbocycles. The van der Waals surface area contributed by atoms with Crippen LogP contribution in [-0.4, -0.2) is 34.9 Å². The number of rotatable bonds is 9. The Labute approximate surface area is 215 Å². The van der Waals surface area contributed by atoms with Crippen LogP contribution in [0.5, 0.6) is 0 Å². The molecule has 170 valence electrons. The second-order valence-corrected chi connectivity index (χ2v) is 8.53. The van der Waals surface area contributed by atoms with Crippen molar-refractivity contribution >= 4 is 35.8 Å². The summed E-state index contributed by atoms with van der Waals surface area (Å²) >= 11 is 1.50. The number of aryl methyl sites for hydroxylation is 1. The monoisotopic (exact) mass is 468 g/mol. The van der Waals surface area contributed by atoms with Crippen LogP contribution in [0.2, 0.25) is 0 Å². The van der Waals surface area contributed by atoms with Crippen LogP contribution in [0.3, 0.4) is 0 Å². The molecule has 34 heavy (non-hydrogen) atoms. The molecule has 3 aromatic rings. The Morgan fingerprint density at radius 2 is 1.88 bits per heavy atom. The zero-order chi connectivity index (χ0) is 23.8. The van der Waals surface area contributed by atoms with E-state index in [0.29, 0.717) is 22.4 Å². The molecule has 0 aliphatic rings. The number of aromatic nitrogens is 1. The maximum atomic E-state index is 13.1. The van der Waals surface area contributed by atoms with E-state index >= 15 is 0 Å². The summed E-state index contributed by atoms with van der Waals surface area (Å²) in [6.45, 7) is 1.95. The van der Waals surface area contributed by atoms with E-state index in [-0.39, 0.29) is 30.7 Å². The smallest absolute Gasteiger partial charge is 0.548 e. The molecule has 8 heteroatoms. The minimum atomic E-state index is -1.30. The molecule has 0 bridgehead atoms. The third-order valence-corrected chi connectivity index (χ3v) is 5.88. The Hall–Kier alpha value is -2.98. The Morgan fingerprint density at radius 1 is 1.12 bits per heavy atom. The average Bonchev–Trinajstić information content (AvgIpc) is 2.81. The van der Waals surface area contributed by atoms with E-state index in [4.69, 9.17) is 0 Å². The predicted molar refractivity (Wildman–Crippen MR) is 132 cm³/mol. The molecule has 0 aliphatic heterocycles. The summed E-state index contributed by atoms with van der Waals surface area (Å²) in [5, 5.41) is 14.1. The Bertz CT molecular complexity index is 1240. The van der Waals surface area contributed by atoms with Crippen molar-refractivity contribution in [2.24, 2.45) is 0 Å². The van der Waals surface area contributed by atoms with E-state index in [9.17, 15) is 19.5 Å². The Kier molecular flexibility index (Phi) is 10.5. The van der Waals surface area contributed by atoms with Gasteiger partial charge in [-0.05, 0) is 65.8 Å². The molecule has 0 radical (unpaired) electrons. The molecule has 0 fully saturated rings. The summed E-state index contributed by atoms with van der Waals surface area (Å²) in [6.07, 6.45) is 8.86. The van der Waals surface area contributed by atoms with Gasteiger partial charge in [-0.3, -0.25) is 9.59 Å². The van der Waals surface area contributed by atoms with Crippen molar-refractivity contribution in [2.75, 3.05) is 12.0 Å². The molecule has 0 saturated carbocycles. The number of aliphatic carboxylic acids is 1. The molecule has 6 nitrogen and oxygen atoms in total. The summed E-state index contributed by atoms with van der Waals surface area (Å²) in [4.78, 5) is 39.5. The SMILES string of the molecule is CSCC[C@H](NC(=O)c1ccc(/C=C/c2c[nH]ccc2=O)cc1-c1ccccc1C)C(=O)[O-].[Li+]. The normalized spacial score (nSPS) is 11.6. The van der Waals surface area contributed by atoms with E-state index in [1.165, 1.54) is 17.8 Å². The third kappa shape index (κ3) is 7.01. The van der Waals surface area contributed by atoms with Crippen molar-refractivity contribution in [3.63, 3.8) is 0 Å². The average molecular weight is 469 g/mol. The summed E-state index contributed by atoms with van der Waals surface area (Å²) < 4.78 is 0. The molecule has 1 atom stereocenters. The second kappa shape index (κ2) is 13.0. The summed E-state index contributed by atoms with van der Waals surface area (Å²) in [7, 11) is 0. The number of carbonyl (C=O) groups is 2. The molecule has 0 spiro atoms. The number of pyridine rings is 1. The van der Waals surface area contributed by atoms with Crippen LogP contribution in [0.4, 0.5) is 0 Å². The second-order valence-electron chi connectivity index (χ2n) is 7.54. The first-order chi connectivity index (χ1) is 15.9. The summed E-state index contributed by atoms with van der Waals surface area (Å²) in [5.41, 5.74) is 4.11. The number of carboxylic acid groups (broad SMARTS) is 1. The zero-order valence-corrected chi connectivity index (χ0v) is 20.3. The number of nitrogens with one attached hydrogen (secondary N) is 2. The quantitative estimate of drug-likeness (QED) is 0.435. The van der Waals surface area contributed by atoms with E-state index in [0.717, 1.165) is 16.7 Å². The van der Waals surface area contributed by atoms with Gasteiger partial charge in [-0.1, -0.05) is 36.4 Å². The van der Waals surface area contributed by atoms with Crippen LogP contribution in [0.1, 0.15) is 33.5 Å². The zero-order valence-electron chi connectivity index (χ0n) is 19.5. The molecule has 2 aromatic carbocycles. The molecule has 1 heterocycles. The van der Waals surface area contributed by atoms with Crippen molar-refractivity contribution in [1.82, 2.24) is 10.3 Å². The number of H-pyrrole nitrogens is 1. The van der Waals surface area contributed by atoms with Gasteiger partial charge >= 0.3 is 18.9 Å². The fourth-order valence-electron chi connectivity index (χ4n) is 3.43. The minimum Gasteiger partial charge on any atom is -0.548 e. The minimum absolute atomic E-state index is 0. The molecular formula is C26H25LiN2O4S. The molecule has 0 saturated heterocycles. The van der Waals surface area contributed by atoms with E-state index in [1.54, 1.807) is 36.7 Å². The number of hydrogen-bond acceptors (Lipinski definition) is 5. The van der Waals surface area contributed by atoms with Crippen LogP contribution < -0.4 is 34.7 Å². The van der Waals surface area contributed by atoms with Crippen molar-refractivity contribution in [2.45, 2.75) is 19.4 Å². The Balaban J connectivity index is 0.00000408. The fraction of sp³-hybridized carbons (Fsp3) is 0.192. The molecule has 2 N–H and O–H groups in total. The Morgan fingerprint density at radius 3 is 2.56 bits per heavy atom. The fourth-order valence-corrected chi connectivity index (χ4v) is 3.90. The first kappa shape index (κ1) is 27.3. The third-order valence-electron chi connectivity index (χ3n) is 5.23. The van der Waals surface area contributed by atoms with Gasteiger partial charge < -0.3 is 20.2 Å². The van der Waals surface area contributed by atoms with Gasteiger partial charge in [0.2, 0.25) is 0 Å². The maximum absolute atomic E-state index is 13.1. The van der Waals surface area contributed by atoms with E-state index < -0.39 is 17.9 Å². The number of benzene rings is 2. The number of carbonyl (C=O) groups excluding carboxylic acids is 2. The van der Waals surface area contributed by atoms with Crippen molar-refractivity contribution in [3.8, 4) is 11.1 Å². The number of thioether (sulfide) groups is 1. The van der Waals surface area contributed by atoms with Gasteiger partial charge in [0.05, 0.1) is 12.0 Å². The molecule has 3 rings (SSSR count). The van der Waals surface area contributed by atoms with Crippen molar-refractivity contribution in [1.29, 1.82) is 0 Å². The maximum Gasteiger partial charge on any atom is 1.00 e. The number of aromatic amines is 1. The van der Waals surface area contributed by atoms with Gasteiger partial charge in [-0.2, -0.15) is 11.8 Å². The van der Waals surface area contributed by atoms with Crippen molar-refractivity contribution in [3.05, 3.63) is 93.4 Å². The number of amides is 1. The van der Waals surface area contributed by atoms with E-state index in [1.807, 2.05) is 43.5 Å².